The summed E-state index contributed by atoms with van der Waals surface area (Å²) in [5.74, 6) is 0. The molecule has 9 heteroatoms. The van der Waals surface area contributed by atoms with Crippen LogP contribution in [0.1, 0.15) is 0 Å². The molecule has 0 saturated heterocycles. The van der Waals surface area contributed by atoms with E-state index in [1.165, 1.54) is 11.3 Å². The highest BCUT2D eigenvalue weighted by Crippen LogP contribution is 2.30. The average molecular weight is 427 g/mol. The summed E-state index contributed by atoms with van der Waals surface area (Å²) in [6.07, 6.45) is -0.844. The van der Waals surface area contributed by atoms with E-state index in [2.05, 4.69) is 20.9 Å². The monoisotopic (exact) mass is 426 g/mol. The predicted octanol–water partition coefficient (Wildman–Crippen LogP) is 1.51. The minimum absolute atomic E-state index is 0.346. The summed E-state index contributed by atoms with van der Waals surface area (Å²) >= 11 is 4.61. The third-order valence-electron chi connectivity index (χ3n) is 3.71. The van der Waals surface area contributed by atoms with Gasteiger partial charge in [-0.15, -0.1) is 11.3 Å². The topological polar surface area (TPSA) is 105 Å². The molecule has 0 unspecified atom stereocenters. The molecule has 0 amide bonds. The molecule has 7 nitrogen and oxygen atoms in total. The van der Waals surface area contributed by atoms with Gasteiger partial charge in [0.25, 0.3) is 5.56 Å². The molecule has 3 rings (SSSR count). The number of hydrogen-bond acceptors (Lipinski definition) is 6. The number of aliphatic hydroxyl groups is 2. The summed E-state index contributed by atoms with van der Waals surface area (Å²) < 4.78 is 7.43. The second kappa shape index (κ2) is 7.63. The smallest absolute Gasteiger partial charge is 0.330 e. The van der Waals surface area contributed by atoms with Gasteiger partial charge in [-0.2, -0.15) is 0 Å². The number of benzene rings is 1. The SMILES string of the molecule is O=c1[nH]c2c(-c3ccc(Br)cc3)csc2c(=O)n1COC(CO)CO. The molecular weight excluding hydrogens is 412 g/mol. The molecule has 3 N–H and O–H groups in total. The lowest BCUT2D eigenvalue weighted by molar-refractivity contribution is -0.0519. The first-order valence-electron chi connectivity index (χ1n) is 7.38. The molecule has 25 heavy (non-hydrogen) atoms. The van der Waals surface area contributed by atoms with E-state index in [1.807, 2.05) is 29.6 Å². The van der Waals surface area contributed by atoms with E-state index in [0.717, 1.165) is 20.2 Å². The minimum Gasteiger partial charge on any atom is -0.394 e. The molecule has 0 atom stereocenters. The summed E-state index contributed by atoms with van der Waals surface area (Å²) in [5.41, 5.74) is 1.07. The van der Waals surface area contributed by atoms with Crippen molar-refractivity contribution in [1.29, 1.82) is 0 Å². The maximum Gasteiger partial charge on any atom is 0.330 e. The van der Waals surface area contributed by atoms with E-state index in [9.17, 15) is 9.59 Å². The molecule has 2 aromatic heterocycles. The molecule has 0 radical (unpaired) electrons. The third-order valence-corrected chi connectivity index (χ3v) is 5.21. The second-order valence-electron chi connectivity index (χ2n) is 5.31. The minimum atomic E-state index is -0.844. The van der Waals surface area contributed by atoms with Crippen LogP contribution >= 0.6 is 27.3 Å². The molecule has 0 spiro atoms. The number of nitrogens with one attached hydrogen (secondary N) is 1. The van der Waals surface area contributed by atoms with Crippen molar-refractivity contribution in [3.63, 3.8) is 0 Å². The van der Waals surface area contributed by atoms with Crippen molar-refractivity contribution in [2.24, 2.45) is 0 Å². The summed E-state index contributed by atoms with van der Waals surface area (Å²) in [6.45, 7) is -1.16. The van der Waals surface area contributed by atoms with E-state index >= 15 is 0 Å². The van der Waals surface area contributed by atoms with Crippen molar-refractivity contribution in [2.45, 2.75) is 12.8 Å². The van der Waals surface area contributed by atoms with E-state index in [1.54, 1.807) is 0 Å². The number of aliphatic hydroxyl groups excluding tert-OH is 2. The van der Waals surface area contributed by atoms with Gasteiger partial charge in [0, 0.05) is 15.4 Å². The molecule has 132 valence electrons. The summed E-state index contributed by atoms with van der Waals surface area (Å²) in [5, 5.41) is 19.8. The number of H-pyrrole nitrogens is 1. The van der Waals surface area contributed by atoms with Crippen LogP contribution < -0.4 is 11.2 Å². The van der Waals surface area contributed by atoms with Gasteiger partial charge in [-0.05, 0) is 17.7 Å². The Morgan fingerprint density at radius 1 is 1.20 bits per heavy atom. The van der Waals surface area contributed by atoms with Crippen LogP contribution in [0.3, 0.4) is 0 Å². The molecule has 0 bridgehead atoms. The zero-order chi connectivity index (χ0) is 18.0. The van der Waals surface area contributed by atoms with Gasteiger partial charge in [0.15, 0.2) is 0 Å². The molecule has 0 aliphatic heterocycles. The number of aromatic nitrogens is 2. The van der Waals surface area contributed by atoms with E-state index in [-0.39, 0.29) is 6.73 Å². The molecular formula is C16H15BrN2O5S. The highest BCUT2D eigenvalue weighted by molar-refractivity contribution is 9.10. The van der Waals surface area contributed by atoms with Crippen LogP contribution in [-0.2, 0) is 11.5 Å². The fourth-order valence-electron chi connectivity index (χ4n) is 2.33. The Bertz CT molecular complexity index is 988. The Morgan fingerprint density at radius 2 is 1.88 bits per heavy atom. The molecule has 2 heterocycles. The molecule has 0 fully saturated rings. The normalized spacial score (nSPS) is 11.5. The molecule has 3 aromatic rings. The van der Waals surface area contributed by atoms with Gasteiger partial charge in [0.05, 0.1) is 18.7 Å². The quantitative estimate of drug-likeness (QED) is 0.553. The van der Waals surface area contributed by atoms with Gasteiger partial charge in [0.1, 0.15) is 17.5 Å². The zero-order valence-electron chi connectivity index (χ0n) is 12.9. The highest BCUT2D eigenvalue weighted by atomic mass is 79.9. The number of fused-ring (bicyclic) bond motifs is 1. The number of aromatic amines is 1. The van der Waals surface area contributed by atoms with Crippen molar-refractivity contribution in [3.05, 3.63) is 55.0 Å². The molecule has 0 aliphatic rings. The van der Waals surface area contributed by atoms with Gasteiger partial charge >= 0.3 is 5.69 Å². The van der Waals surface area contributed by atoms with Crippen molar-refractivity contribution < 1.29 is 14.9 Å². The van der Waals surface area contributed by atoms with E-state index in [0.29, 0.717) is 10.2 Å². The largest absolute Gasteiger partial charge is 0.394 e. The number of nitrogens with zero attached hydrogens (tertiary/aromatic N) is 1. The van der Waals surface area contributed by atoms with E-state index in [4.69, 9.17) is 14.9 Å². The van der Waals surface area contributed by atoms with Crippen LogP contribution in [0.25, 0.3) is 21.3 Å². The fourth-order valence-corrected chi connectivity index (χ4v) is 3.57. The first-order valence-corrected chi connectivity index (χ1v) is 9.06. The van der Waals surface area contributed by atoms with Gasteiger partial charge in [0.2, 0.25) is 0 Å². The van der Waals surface area contributed by atoms with Crippen molar-refractivity contribution >= 4 is 37.5 Å². The predicted molar refractivity (Wildman–Crippen MR) is 98.9 cm³/mol. The van der Waals surface area contributed by atoms with Crippen molar-refractivity contribution in [2.75, 3.05) is 13.2 Å². The standard InChI is InChI=1S/C16H15BrN2O5S/c17-10-3-1-9(2-4-10)12-7-25-14-13(12)18-16(23)19(15(14)22)8-24-11(5-20)6-21/h1-4,7,11,20-21H,5-6,8H2,(H,18,23). The van der Waals surface area contributed by atoms with Gasteiger partial charge in [-0.3, -0.25) is 4.79 Å². The fraction of sp³-hybridized carbons (Fsp3) is 0.250. The van der Waals surface area contributed by atoms with Crippen molar-refractivity contribution in [3.8, 4) is 11.1 Å². The lowest BCUT2D eigenvalue weighted by Gasteiger charge is -2.13. The zero-order valence-corrected chi connectivity index (χ0v) is 15.3. The van der Waals surface area contributed by atoms with Crippen LogP contribution in [0.4, 0.5) is 0 Å². The Kier molecular flexibility index (Phi) is 5.50. The second-order valence-corrected chi connectivity index (χ2v) is 7.10. The lowest BCUT2D eigenvalue weighted by atomic mass is 10.1. The number of ether oxygens (including phenoxy) is 1. The molecule has 0 aliphatic carbocycles. The third kappa shape index (κ3) is 3.60. The highest BCUT2D eigenvalue weighted by Gasteiger charge is 2.15. The Morgan fingerprint density at radius 3 is 2.52 bits per heavy atom. The molecule has 0 saturated carbocycles. The maximum atomic E-state index is 12.6. The van der Waals surface area contributed by atoms with Gasteiger partial charge in [-0.1, -0.05) is 28.1 Å². The van der Waals surface area contributed by atoms with Gasteiger partial charge < -0.3 is 19.9 Å². The maximum absolute atomic E-state index is 12.6. The number of halogens is 1. The van der Waals surface area contributed by atoms with Crippen LogP contribution in [-0.4, -0.2) is 39.1 Å². The first-order chi connectivity index (χ1) is 12.0. The lowest BCUT2D eigenvalue weighted by Crippen LogP contribution is -2.37. The number of hydrogen-bond donors (Lipinski definition) is 3. The van der Waals surface area contributed by atoms with Crippen molar-refractivity contribution in [1.82, 2.24) is 9.55 Å². The Balaban J connectivity index is 2.03. The van der Waals surface area contributed by atoms with Crippen LogP contribution in [0.2, 0.25) is 0 Å². The summed E-state index contributed by atoms with van der Waals surface area (Å²) in [4.78, 5) is 27.6. The molecule has 1 aromatic carbocycles. The van der Waals surface area contributed by atoms with Crippen LogP contribution in [0, 0.1) is 0 Å². The van der Waals surface area contributed by atoms with Gasteiger partial charge in [-0.25, -0.2) is 9.36 Å². The number of rotatable bonds is 6. The Labute approximate surface area is 154 Å². The average Bonchev–Trinajstić information content (AvgIpc) is 3.02. The Hall–Kier alpha value is -1.78. The summed E-state index contributed by atoms with van der Waals surface area (Å²) in [7, 11) is 0. The van der Waals surface area contributed by atoms with Crippen LogP contribution in [0.15, 0.2) is 43.7 Å². The first kappa shape index (κ1) is 18.0. The van der Waals surface area contributed by atoms with E-state index < -0.39 is 30.6 Å². The summed E-state index contributed by atoms with van der Waals surface area (Å²) in [6, 6.07) is 7.56. The number of thiophene rings is 1. The van der Waals surface area contributed by atoms with Crippen LogP contribution in [0.5, 0.6) is 0 Å².